The van der Waals surface area contributed by atoms with Crippen molar-refractivity contribution >= 4 is 12.4 Å². The van der Waals surface area contributed by atoms with Crippen molar-refractivity contribution in [2.45, 2.75) is 25.8 Å². The van der Waals surface area contributed by atoms with Gasteiger partial charge in [0.2, 0.25) is 0 Å². The monoisotopic (exact) mass is 264 g/mol. The highest BCUT2D eigenvalue weighted by Crippen LogP contribution is 2.16. The molecular weight excluding hydrogens is 248 g/mol. The van der Waals surface area contributed by atoms with Crippen molar-refractivity contribution in [1.29, 1.82) is 0 Å². The Morgan fingerprint density at radius 2 is 2.00 bits per heavy atom. The van der Waals surface area contributed by atoms with E-state index in [1.54, 1.807) is 0 Å². The van der Waals surface area contributed by atoms with Crippen LogP contribution >= 0.6 is 12.4 Å². The van der Waals surface area contributed by atoms with Crippen molar-refractivity contribution in [3.63, 3.8) is 0 Å². The molecular formula is C14H17ClN2O. The first-order chi connectivity index (χ1) is 8.42. The van der Waals surface area contributed by atoms with Gasteiger partial charge in [-0.1, -0.05) is 30.3 Å². The lowest BCUT2D eigenvalue weighted by Crippen LogP contribution is -2.22. The molecule has 0 aliphatic carbocycles. The van der Waals surface area contributed by atoms with Crippen LogP contribution < -0.4 is 5.32 Å². The minimum Gasteiger partial charge on any atom is -0.445 e. The Morgan fingerprint density at radius 1 is 1.17 bits per heavy atom. The van der Waals surface area contributed by atoms with Crippen molar-refractivity contribution in [3.05, 3.63) is 53.2 Å². The number of hydrogen-bond acceptors (Lipinski definition) is 3. The first-order valence-corrected chi connectivity index (χ1v) is 6.14. The molecule has 1 aromatic carbocycles. The predicted octanol–water partition coefficient (Wildman–Crippen LogP) is 2.53. The van der Waals surface area contributed by atoms with Gasteiger partial charge in [-0.2, -0.15) is 0 Å². The van der Waals surface area contributed by atoms with Crippen LogP contribution in [0.5, 0.6) is 0 Å². The van der Waals surface area contributed by atoms with Crippen LogP contribution in [-0.4, -0.2) is 11.5 Å². The van der Waals surface area contributed by atoms with Crippen LogP contribution in [0, 0.1) is 0 Å². The molecule has 0 spiro atoms. The lowest BCUT2D eigenvalue weighted by molar-refractivity contribution is 0.438. The Balaban J connectivity index is 0.00000120. The molecule has 4 heteroatoms. The van der Waals surface area contributed by atoms with Crippen molar-refractivity contribution in [1.82, 2.24) is 10.3 Å². The molecule has 0 amide bonds. The fraction of sp³-hybridized carbons (Fsp3) is 0.357. The number of hydrogen-bond donors (Lipinski definition) is 1. The second-order valence-electron chi connectivity index (χ2n) is 4.39. The Hall–Kier alpha value is -1.32. The average molecular weight is 265 g/mol. The van der Waals surface area contributed by atoms with Gasteiger partial charge in [0, 0.05) is 25.9 Å². The fourth-order valence-electron chi connectivity index (χ4n) is 2.18. The number of aromatic nitrogens is 1. The summed E-state index contributed by atoms with van der Waals surface area (Å²) >= 11 is 0. The molecule has 1 aliphatic rings. The van der Waals surface area contributed by atoms with Crippen LogP contribution in [0.25, 0.3) is 0 Å². The molecule has 0 saturated carbocycles. The van der Waals surface area contributed by atoms with Crippen LogP contribution in [0.1, 0.15) is 22.9 Å². The Bertz CT molecular complexity index is 472. The molecule has 0 saturated heterocycles. The van der Waals surface area contributed by atoms with E-state index in [2.05, 4.69) is 34.6 Å². The van der Waals surface area contributed by atoms with E-state index in [1.165, 1.54) is 5.56 Å². The molecule has 0 unspecified atom stereocenters. The number of nitrogens with one attached hydrogen (secondary N) is 1. The summed E-state index contributed by atoms with van der Waals surface area (Å²) in [7, 11) is 0. The minimum atomic E-state index is 0. The largest absolute Gasteiger partial charge is 0.445 e. The lowest BCUT2D eigenvalue weighted by atomic mass is 10.1. The molecule has 1 N–H and O–H groups in total. The zero-order chi connectivity index (χ0) is 11.5. The molecule has 96 valence electrons. The molecule has 3 nitrogen and oxygen atoms in total. The Morgan fingerprint density at radius 3 is 2.78 bits per heavy atom. The van der Waals surface area contributed by atoms with Crippen LogP contribution in [0.4, 0.5) is 0 Å². The van der Waals surface area contributed by atoms with Crippen LogP contribution in [0.2, 0.25) is 0 Å². The maximum atomic E-state index is 5.78. The highest BCUT2D eigenvalue weighted by Gasteiger charge is 2.16. The zero-order valence-corrected chi connectivity index (χ0v) is 11.0. The van der Waals surface area contributed by atoms with Gasteiger partial charge in [0.15, 0.2) is 5.89 Å². The zero-order valence-electron chi connectivity index (χ0n) is 10.2. The number of nitrogens with zero attached hydrogens (tertiary/aromatic N) is 1. The number of benzene rings is 1. The van der Waals surface area contributed by atoms with Crippen molar-refractivity contribution in [2.24, 2.45) is 0 Å². The molecule has 1 aromatic heterocycles. The summed E-state index contributed by atoms with van der Waals surface area (Å²) in [5.41, 5.74) is 2.43. The lowest BCUT2D eigenvalue weighted by Gasteiger charge is -2.08. The van der Waals surface area contributed by atoms with E-state index in [4.69, 9.17) is 4.42 Å². The van der Waals surface area contributed by atoms with E-state index in [1.807, 2.05) is 6.07 Å². The second-order valence-corrected chi connectivity index (χ2v) is 4.39. The standard InChI is InChI=1S/C14H16N2O.ClH/c1-2-4-11(5-3-1)6-7-14-16-12-10-15-9-8-13(12)17-14;/h1-5,15H,6-10H2;1H. The van der Waals surface area contributed by atoms with Crippen molar-refractivity contribution in [2.75, 3.05) is 6.54 Å². The first kappa shape index (κ1) is 13.1. The van der Waals surface area contributed by atoms with E-state index < -0.39 is 0 Å². The summed E-state index contributed by atoms with van der Waals surface area (Å²) in [5, 5.41) is 3.31. The molecule has 18 heavy (non-hydrogen) atoms. The molecule has 3 rings (SSSR count). The van der Waals surface area contributed by atoms with Gasteiger partial charge in [0.05, 0.1) is 5.69 Å². The normalized spacial score (nSPS) is 13.8. The molecule has 0 bridgehead atoms. The summed E-state index contributed by atoms with van der Waals surface area (Å²) in [6.45, 7) is 1.85. The van der Waals surface area contributed by atoms with Gasteiger partial charge in [-0.3, -0.25) is 0 Å². The van der Waals surface area contributed by atoms with E-state index in [9.17, 15) is 0 Å². The van der Waals surface area contributed by atoms with Gasteiger partial charge >= 0.3 is 0 Å². The highest BCUT2D eigenvalue weighted by molar-refractivity contribution is 5.85. The second kappa shape index (κ2) is 6.03. The third-order valence-electron chi connectivity index (χ3n) is 3.11. The predicted molar refractivity (Wildman–Crippen MR) is 73.0 cm³/mol. The van der Waals surface area contributed by atoms with Gasteiger partial charge in [0.25, 0.3) is 0 Å². The van der Waals surface area contributed by atoms with Crippen LogP contribution in [0.3, 0.4) is 0 Å². The van der Waals surface area contributed by atoms with Crippen LogP contribution in [-0.2, 0) is 25.8 Å². The summed E-state index contributed by atoms with van der Waals surface area (Å²) in [5.74, 6) is 1.95. The molecule has 0 atom stereocenters. The highest BCUT2D eigenvalue weighted by atomic mass is 35.5. The van der Waals surface area contributed by atoms with Gasteiger partial charge < -0.3 is 9.73 Å². The van der Waals surface area contributed by atoms with E-state index >= 15 is 0 Å². The van der Waals surface area contributed by atoms with Crippen LogP contribution in [0.15, 0.2) is 34.7 Å². The summed E-state index contributed by atoms with van der Waals surface area (Å²) in [4.78, 5) is 4.54. The quantitative estimate of drug-likeness (QED) is 0.926. The number of halogens is 1. The number of oxazole rings is 1. The van der Waals surface area contributed by atoms with E-state index in [0.717, 1.165) is 49.7 Å². The third-order valence-corrected chi connectivity index (χ3v) is 3.11. The summed E-state index contributed by atoms with van der Waals surface area (Å²) < 4.78 is 5.78. The molecule has 1 aliphatic heterocycles. The Labute approximate surface area is 113 Å². The Kier molecular flexibility index (Phi) is 4.39. The molecule has 2 heterocycles. The topological polar surface area (TPSA) is 38.1 Å². The van der Waals surface area contributed by atoms with Gasteiger partial charge in [-0.15, -0.1) is 12.4 Å². The van der Waals surface area contributed by atoms with Gasteiger partial charge in [-0.25, -0.2) is 4.98 Å². The summed E-state index contributed by atoms with van der Waals surface area (Å²) in [6, 6.07) is 10.5. The SMILES string of the molecule is Cl.c1ccc(CCc2nc3c(o2)CCNC3)cc1. The third kappa shape index (κ3) is 2.92. The molecule has 0 fully saturated rings. The number of fused-ring (bicyclic) bond motifs is 1. The average Bonchev–Trinajstić information content (AvgIpc) is 2.80. The number of rotatable bonds is 3. The maximum Gasteiger partial charge on any atom is 0.195 e. The maximum absolute atomic E-state index is 5.78. The van der Waals surface area contributed by atoms with E-state index in [-0.39, 0.29) is 12.4 Å². The molecule has 0 radical (unpaired) electrons. The molecule has 2 aromatic rings. The smallest absolute Gasteiger partial charge is 0.195 e. The van der Waals surface area contributed by atoms with Crippen molar-refractivity contribution in [3.8, 4) is 0 Å². The fourth-order valence-corrected chi connectivity index (χ4v) is 2.18. The number of aryl methyl sites for hydroxylation is 2. The van der Waals surface area contributed by atoms with Crippen molar-refractivity contribution < 1.29 is 4.42 Å². The van der Waals surface area contributed by atoms with E-state index in [0.29, 0.717) is 0 Å². The van der Waals surface area contributed by atoms with Gasteiger partial charge in [-0.05, 0) is 12.0 Å². The first-order valence-electron chi connectivity index (χ1n) is 6.14. The van der Waals surface area contributed by atoms with Gasteiger partial charge in [0.1, 0.15) is 5.76 Å². The summed E-state index contributed by atoms with van der Waals surface area (Å²) in [6.07, 6.45) is 2.85. The minimum absolute atomic E-state index is 0.